The van der Waals surface area contributed by atoms with Crippen LogP contribution in [-0.2, 0) is 6.42 Å². The van der Waals surface area contributed by atoms with Gasteiger partial charge in [0.05, 0.1) is 12.3 Å². The first-order valence-electron chi connectivity index (χ1n) is 10.9. The fourth-order valence-corrected chi connectivity index (χ4v) is 4.01. The van der Waals surface area contributed by atoms with E-state index in [1.54, 1.807) is 42.5 Å². The highest BCUT2D eigenvalue weighted by Crippen LogP contribution is 2.40. The Morgan fingerprint density at radius 3 is 2.26 bits per heavy atom. The number of aliphatic hydroxyl groups excluding tert-OH is 1. The number of para-hydroxylation sites is 1. The topological polar surface area (TPSA) is 45.2 Å². The molecule has 34 heavy (non-hydrogen) atoms. The van der Waals surface area contributed by atoms with E-state index in [4.69, 9.17) is 4.74 Å². The third kappa shape index (κ3) is 4.31. The quantitative estimate of drug-likeness (QED) is 0.227. The molecule has 4 aromatic rings. The number of hydrogen-bond acceptors (Lipinski definition) is 2. The molecule has 2 N–H and O–H groups in total. The maximum absolute atomic E-state index is 15.1. The van der Waals surface area contributed by atoms with Gasteiger partial charge in [-0.1, -0.05) is 25.1 Å². The van der Waals surface area contributed by atoms with Crippen molar-refractivity contribution in [2.75, 3.05) is 6.61 Å². The number of nitrogens with one attached hydrogen (secondary N) is 1. The average molecular weight is 469 g/mol. The van der Waals surface area contributed by atoms with Gasteiger partial charge in [-0.2, -0.15) is 0 Å². The monoisotopic (exact) mass is 469 g/mol. The Morgan fingerprint density at radius 2 is 1.59 bits per heavy atom. The smallest absolute Gasteiger partial charge is 0.164 e. The van der Waals surface area contributed by atoms with Crippen molar-refractivity contribution in [2.24, 2.45) is 0 Å². The van der Waals surface area contributed by atoms with E-state index >= 15 is 4.39 Å². The third-order valence-corrected chi connectivity index (χ3v) is 5.68. The van der Waals surface area contributed by atoms with E-state index in [9.17, 15) is 18.3 Å². The number of rotatable bonds is 7. The zero-order valence-corrected chi connectivity index (χ0v) is 18.6. The summed E-state index contributed by atoms with van der Waals surface area (Å²) >= 11 is 0. The predicted octanol–water partition coefficient (Wildman–Crippen LogP) is 6.95. The standard InChI is InChI=1S/C27H23F4NO2/c1-3-17-24(30)20(13-21(29)25(17)31)27(33)26-19(18-7-5-6-8-23(18)34-4-2)14-22(32-26)15-9-11-16(28)12-10-15/h5-14,27,32-33H,3-4H2,1-2H3. The Kier molecular flexibility index (Phi) is 6.75. The summed E-state index contributed by atoms with van der Waals surface area (Å²) < 4.78 is 62.6. The predicted molar refractivity (Wildman–Crippen MR) is 123 cm³/mol. The van der Waals surface area contributed by atoms with Gasteiger partial charge in [0.15, 0.2) is 11.6 Å². The molecular weight excluding hydrogens is 446 g/mol. The number of ether oxygens (including phenoxy) is 1. The Bertz CT molecular complexity index is 1320. The number of aromatic nitrogens is 1. The van der Waals surface area contributed by atoms with Crippen molar-refractivity contribution in [3.8, 4) is 28.1 Å². The zero-order chi connectivity index (χ0) is 24.4. The lowest BCUT2D eigenvalue weighted by Gasteiger charge is -2.17. The minimum Gasteiger partial charge on any atom is -0.493 e. The maximum atomic E-state index is 15.1. The summed E-state index contributed by atoms with van der Waals surface area (Å²) in [5, 5.41) is 11.2. The number of aromatic amines is 1. The molecule has 0 amide bonds. The van der Waals surface area contributed by atoms with Crippen LogP contribution in [0.3, 0.4) is 0 Å². The van der Waals surface area contributed by atoms with E-state index in [1.165, 1.54) is 19.1 Å². The highest BCUT2D eigenvalue weighted by Gasteiger charge is 2.27. The second-order valence-corrected chi connectivity index (χ2v) is 7.76. The summed E-state index contributed by atoms with van der Waals surface area (Å²) in [7, 11) is 0. The van der Waals surface area contributed by atoms with Crippen LogP contribution < -0.4 is 4.74 Å². The summed E-state index contributed by atoms with van der Waals surface area (Å²) in [6.45, 7) is 3.72. The van der Waals surface area contributed by atoms with E-state index in [2.05, 4.69) is 4.98 Å². The van der Waals surface area contributed by atoms with Gasteiger partial charge in [0.25, 0.3) is 0 Å². The van der Waals surface area contributed by atoms with Gasteiger partial charge in [0, 0.05) is 27.9 Å². The Balaban J connectivity index is 1.93. The molecule has 1 atom stereocenters. The van der Waals surface area contributed by atoms with Crippen molar-refractivity contribution < 1.29 is 27.4 Å². The van der Waals surface area contributed by atoms with Crippen molar-refractivity contribution in [1.82, 2.24) is 4.98 Å². The molecule has 0 aliphatic rings. The van der Waals surface area contributed by atoms with E-state index in [0.717, 1.165) is 0 Å². The minimum absolute atomic E-state index is 0.0826. The Labute approximate surface area is 194 Å². The fraction of sp³-hybridized carbons (Fsp3) is 0.185. The van der Waals surface area contributed by atoms with E-state index in [-0.39, 0.29) is 12.1 Å². The lowest BCUT2D eigenvalue weighted by Crippen LogP contribution is -2.10. The molecule has 0 bridgehead atoms. The molecule has 0 radical (unpaired) electrons. The number of hydrogen-bond donors (Lipinski definition) is 2. The number of aliphatic hydroxyl groups is 1. The lowest BCUT2D eigenvalue weighted by atomic mass is 9.96. The summed E-state index contributed by atoms with van der Waals surface area (Å²) in [4.78, 5) is 3.07. The van der Waals surface area contributed by atoms with Gasteiger partial charge >= 0.3 is 0 Å². The molecule has 0 aliphatic carbocycles. The molecule has 3 aromatic carbocycles. The van der Waals surface area contributed by atoms with Crippen LogP contribution in [-0.4, -0.2) is 16.7 Å². The molecule has 0 saturated heterocycles. The van der Waals surface area contributed by atoms with E-state index in [0.29, 0.717) is 40.8 Å². The Morgan fingerprint density at radius 1 is 0.882 bits per heavy atom. The largest absolute Gasteiger partial charge is 0.493 e. The van der Waals surface area contributed by atoms with Gasteiger partial charge in [0.2, 0.25) is 0 Å². The number of H-pyrrole nitrogens is 1. The first kappa shape index (κ1) is 23.6. The summed E-state index contributed by atoms with van der Waals surface area (Å²) in [5.41, 5.74) is 1.58. The first-order valence-corrected chi connectivity index (χ1v) is 10.9. The molecular formula is C27H23F4NO2. The highest BCUT2D eigenvalue weighted by atomic mass is 19.2. The summed E-state index contributed by atoms with van der Waals surface area (Å²) in [5.74, 6) is -3.39. The molecule has 1 aromatic heterocycles. The maximum Gasteiger partial charge on any atom is 0.164 e. The van der Waals surface area contributed by atoms with Crippen LogP contribution in [0.25, 0.3) is 22.4 Å². The molecule has 0 spiro atoms. The third-order valence-electron chi connectivity index (χ3n) is 5.68. The van der Waals surface area contributed by atoms with Crippen LogP contribution in [0, 0.1) is 23.3 Å². The van der Waals surface area contributed by atoms with Crippen LogP contribution in [0.15, 0.2) is 60.7 Å². The second kappa shape index (κ2) is 9.73. The molecule has 0 fully saturated rings. The molecule has 0 aliphatic heterocycles. The van der Waals surface area contributed by atoms with Gasteiger partial charge < -0.3 is 14.8 Å². The van der Waals surface area contributed by atoms with Crippen molar-refractivity contribution in [3.63, 3.8) is 0 Å². The second-order valence-electron chi connectivity index (χ2n) is 7.76. The van der Waals surface area contributed by atoms with Crippen LogP contribution in [0.4, 0.5) is 17.6 Å². The summed E-state index contributed by atoms with van der Waals surface area (Å²) in [6.07, 6.45) is -1.72. The molecule has 3 nitrogen and oxygen atoms in total. The minimum atomic E-state index is -1.64. The van der Waals surface area contributed by atoms with Gasteiger partial charge in [-0.25, -0.2) is 17.6 Å². The van der Waals surface area contributed by atoms with Crippen molar-refractivity contribution in [2.45, 2.75) is 26.4 Å². The lowest BCUT2D eigenvalue weighted by molar-refractivity contribution is 0.210. The van der Waals surface area contributed by atoms with Crippen LogP contribution in [0.2, 0.25) is 0 Å². The first-order chi connectivity index (χ1) is 16.3. The molecule has 7 heteroatoms. The zero-order valence-electron chi connectivity index (χ0n) is 18.6. The molecule has 4 rings (SSSR count). The fourth-order valence-electron chi connectivity index (χ4n) is 4.01. The number of benzene rings is 3. The molecule has 1 unspecified atom stereocenters. The molecule has 176 valence electrons. The molecule has 0 saturated carbocycles. The van der Waals surface area contributed by atoms with E-state index < -0.39 is 40.5 Å². The van der Waals surface area contributed by atoms with Crippen molar-refractivity contribution in [3.05, 3.63) is 101 Å². The van der Waals surface area contributed by atoms with Crippen LogP contribution in [0.1, 0.15) is 36.8 Å². The van der Waals surface area contributed by atoms with Gasteiger partial charge in [-0.05, 0) is 61.4 Å². The van der Waals surface area contributed by atoms with Gasteiger partial charge in [-0.15, -0.1) is 0 Å². The summed E-state index contributed by atoms with van der Waals surface area (Å²) in [6, 6.07) is 15.2. The average Bonchev–Trinajstić information content (AvgIpc) is 3.28. The van der Waals surface area contributed by atoms with Crippen LogP contribution >= 0.6 is 0 Å². The highest BCUT2D eigenvalue weighted by molar-refractivity contribution is 5.78. The van der Waals surface area contributed by atoms with Gasteiger partial charge in [0.1, 0.15) is 23.5 Å². The van der Waals surface area contributed by atoms with E-state index in [1.807, 2.05) is 6.92 Å². The molecule has 1 heterocycles. The normalized spacial score (nSPS) is 12.1. The number of halogens is 4. The Hall–Kier alpha value is -3.58. The van der Waals surface area contributed by atoms with Crippen molar-refractivity contribution >= 4 is 0 Å². The van der Waals surface area contributed by atoms with Gasteiger partial charge in [-0.3, -0.25) is 0 Å². The van der Waals surface area contributed by atoms with Crippen LogP contribution in [0.5, 0.6) is 5.75 Å². The van der Waals surface area contributed by atoms with Crippen molar-refractivity contribution in [1.29, 1.82) is 0 Å². The SMILES string of the molecule is CCOc1ccccc1-c1cc(-c2ccc(F)cc2)[nH]c1C(O)c1cc(F)c(F)c(CC)c1F.